The standard InChI is InChI=1S/C18H23N7O/c1-11-8-13(9-25-17(11)19-10-20-25)15-12(2)16(23-22-15)18(26)21-14-4-6-24(3)7-5-14/h8-10,14H,4-7H2,1-3H3,(H,21,26)(H,22,23). The minimum absolute atomic E-state index is 0.0886. The Kier molecular flexibility index (Phi) is 4.20. The number of aromatic nitrogens is 5. The van der Waals surface area contributed by atoms with Crippen LogP contribution in [0.4, 0.5) is 0 Å². The van der Waals surface area contributed by atoms with Crippen LogP contribution in [0.15, 0.2) is 18.6 Å². The predicted molar refractivity (Wildman–Crippen MR) is 98.0 cm³/mol. The number of carbonyl (C=O) groups excluding carboxylic acids is 1. The van der Waals surface area contributed by atoms with E-state index in [0.29, 0.717) is 5.69 Å². The van der Waals surface area contributed by atoms with Crippen LogP contribution in [0.3, 0.4) is 0 Å². The first-order chi connectivity index (χ1) is 12.5. The summed E-state index contributed by atoms with van der Waals surface area (Å²) in [7, 11) is 2.11. The Balaban J connectivity index is 1.58. The minimum atomic E-state index is -0.0886. The lowest BCUT2D eigenvalue weighted by Crippen LogP contribution is -2.43. The van der Waals surface area contributed by atoms with Crippen molar-refractivity contribution in [3.05, 3.63) is 35.4 Å². The first-order valence-electron chi connectivity index (χ1n) is 8.87. The summed E-state index contributed by atoms with van der Waals surface area (Å²) >= 11 is 0. The molecule has 0 unspecified atom stereocenters. The number of piperidine rings is 1. The van der Waals surface area contributed by atoms with Crippen molar-refractivity contribution in [2.45, 2.75) is 32.7 Å². The lowest BCUT2D eigenvalue weighted by atomic mass is 10.0. The molecule has 1 aliphatic heterocycles. The fraction of sp³-hybridized carbons (Fsp3) is 0.444. The van der Waals surface area contributed by atoms with Crippen molar-refractivity contribution in [3.63, 3.8) is 0 Å². The van der Waals surface area contributed by atoms with Crippen molar-refractivity contribution in [1.29, 1.82) is 0 Å². The highest BCUT2D eigenvalue weighted by molar-refractivity contribution is 5.95. The molecule has 0 atom stereocenters. The van der Waals surface area contributed by atoms with Crippen molar-refractivity contribution in [2.75, 3.05) is 20.1 Å². The van der Waals surface area contributed by atoms with E-state index in [1.165, 1.54) is 6.33 Å². The molecule has 2 N–H and O–H groups in total. The van der Waals surface area contributed by atoms with E-state index in [-0.39, 0.29) is 11.9 Å². The van der Waals surface area contributed by atoms with E-state index in [4.69, 9.17) is 0 Å². The molecular weight excluding hydrogens is 330 g/mol. The Hall–Kier alpha value is -2.74. The Morgan fingerprint density at radius 2 is 2.08 bits per heavy atom. The fourth-order valence-corrected chi connectivity index (χ4v) is 3.53. The molecule has 0 bridgehead atoms. The van der Waals surface area contributed by atoms with Gasteiger partial charge in [-0.05, 0) is 58.5 Å². The molecule has 8 heteroatoms. The van der Waals surface area contributed by atoms with Gasteiger partial charge in [0.15, 0.2) is 5.65 Å². The first kappa shape index (κ1) is 16.7. The predicted octanol–water partition coefficient (Wildman–Crippen LogP) is 1.56. The van der Waals surface area contributed by atoms with Gasteiger partial charge in [-0.2, -0.15) is 10.2 Å². The van der Waals surface area contributed by atoms with Gasteiger partial charge in [-0.15, -0.1) is 0 Å². The highest BCUT2D eigenvalue weighted by Gasteiger charge is 2.22. The van der Waals surface area contributed by atoms with Gasteiger partial charge < -0.3 is 10.2 Å². The maximum atomic E-state index is 12.7. The van der Waals surface area contributed by atoms with Crippen molar-refractivity contribution in [2.24, 2.45) is 0 Å². The smallest absolute Gasteiger partial charge is 0.269 e. The van der Waals surface area contributed by atoms with Gasteiger partial charge in [0.2, 0.25) is 0 Å². The molecule has 1 fully saturated rings. The summed E-state index contributed by atoms with van der Waals surface area (Å²) in [4.78, 5) is 19.2. The number of likely N-dealkylation sites (tertiary alicyclic amines) is 1. The second-order valence-corrected chi connectivity index (χ2v) is 7.06. The highest BCUT2D eigenvalue weighted by Crippen LogP contribution is 2.25. The molecule has 0 radical (unpaired) electrons. The van der Waals surface area contributed by atoms with Crippen molar-refractivity contribution >= 4 is 11.6 Å². The van der Waals surface area contributed by atoms with Crippen LogP contribution in [0.2, 0.25) is 0 Å². The molecule has 3 aromatic rings. The summed E-state index contributed by atoms with van der Waals surface area (Å²) in [5.41, 5.74) is 4.87. The third-order valence-electron chi connectivity index (χ3n) is 5.12. The van der Waals surface area contributed by atoms with E-state index in [0.717, 1.165) is 54.0 Å². The molecule has 0 spiro atoms. The normalized spacial score (nSPS) is 16.3. The van der Waals surface area contributed by atoms with Crippen LogP contribution in [0.25, 0.3) is 16.9 Å². The summed E-state index contributed by atoms with van der Waals surface area (Å²) in [5, 5.41) is 14.6. The summed E-state index contributed by atoms with van der Waals surface area (Å²) in [6.07, 6.45) is 5.37. The average Bonchev–Trinajstić information content (AvgIpc) is 3.23. The summed E-state index contributed by atoms with van der Waals surface area (Å²) < 4.78 is 1.73. The number of amides is 1. The Labute approximate surface area is 151 Å². The molecule has 0 aliphatic carbocycles. The second-order valence-electron chi connectivity index (χ2n) is 7.06. The third-order valence-corrected chi connectivity index (χ3v) is 5.12. The number of carbonyl (C=O) groups is 1. The molecule has 26 heavy (non-hydrogen) atoms. The molecule has 1 saturated heterocycles. The van der Waals surface area contributed by atoms with E-state index >= 15 is 0 Å². The van der Waals surface area contributed by atoms with E-state index in [1.54, 1.807) is 4.52 Å². The quantitative estimate of drug-likeness (QED) is 0.746. The number of nitrogens with zero attached hydrogens (tertiary/aromatic N) is 5. The highest BCUT2D eigenvalue weighted by atomic mass is 16.2. The molecule has 4 heterocycles. The van der Waals surface area contributed by atoms with E-state index in [9.17, 15) is 4.79 Å². The van der Waals surface area contributed by atoms with Crippen LogP contribution in [0.5, 0.6) is 0 Å². The van der Waals surface area contributed by atoms with Crippen LogP contribution in [0, 0.1) is 13.8 Å². The van der Waals surface area contributed by atoms with E-state index in [1.807, 2.05) is 26.1 Å². The number of pyridine rings is 1. The van der Waals surface area contributed by atoms with Gasteiger partial charge in [0.05, 0.1) is 5.69 Å². The zero-order valence-corrected chi connectivity index (χ0v) is 15.3. The molecule has 0 saturated carbocycles. The molecule has 8 nitrogen and oxygen atoms in total. The van der Waals surface area contributed by atoms with Crippen molar-refractivity contribution in [1.82, 2.24) is 35.0 Å². The number of rotatable bonds is 3. The van der Waals surface area contributed by atoms with Crippen LogP contribution < -0.4 is 5.32 Å². The largest absolute Gasteiger partial charge is 0.348 e. The average molecular weight is 353 g/mol. The van der Waals surface area contributed by atoms with Crippen LogP contribution in [-0.2, 0) is 0 Å². The third kappa shape index (κ3) is 2.96. The lowest BCUT2D eigenvalue weighted by molar-refractivity contribution is 0.0911. The number of nitrogens with one attached hydrogen (secondary N) is 2. The van der Waals surface area contributed by atoms with Crippen molar-refractivity contribution < 1.29 is 4.79 Å². The van der Waals surface area contributed by atoms with Gasteiger partial charge in [0, 0.05) is 23.4 Å². The molecule has 0 aromatic carbocycles. The first-order valence-corrected chi connectivity index (χ1v) is 8.87. The summed E-state index contributed by atoms with van der Waals surface area (Å²) in [6.45, 7) is 5.93. The molecule has 1 amide bonds. The number of H-pyrrole nitrogens is 1. The lowest BCUT2D eigenvalue weighted by Gasteiger charge is -2.29. The van der Waals surface area contributed by atoms with Gasteiger partial charge in [-0.1, -0.05) is 0 Å². The fourth-order valence-electron chi connectivity index (χ4n) is 3.53. The maximum Gasteiger partial charge on any atom is 0.269 e. The number of fused-ring (bicyclic) bond motifs is 1. The molecular formula is C18H23N7O. The Bertz CT molecular complexity index is 950. The molecule has 136 valence electrons. The van der Waals surface area contributed by atoms with Gasteiger partial charge in [0.1, 0.15) is 12.0 Å². The van der Waals surface area contributed by atoms with Gasteiger partial charge >= 0.3 is 0 Å². The zero-order valence-electron chi connectivity index (χ0n) is 15.3. The Morgan fingerprint density at radius 1 is 1.31 bits per heavy atom. The number of hydrogen-bond donors (Lipinski definition) is 2. The minimum Gasteiger partial charge on any atom is -0.348 e. The van der Waals surface area contributed by atoms with Gasteiger partial charge in [-0.25, -0.2) is 9.50 Å². The van der Waals surface area contributed by atoms with Gasteiger partial charge in [-0.3, -0.25) is 9.89 Å². The monoisotopic (exact) mass is 353 g/mol. The number of aromatic amines is 1. The van der Waals surface area contributed by atoms with E-state index in [2.05, 4.69) is 37.5 Å². The number of aryl methyl sites for hydroxylation is 1. The van der Waals surface area contributed by atoms with Crippen molar-refractivity contribution in [3.8, 4) is 11.3 Å². The topological polar surface area (TPSA) is 91.2 Å². The van der Waals surface area contributed by atoms with Crippen LogP contribution in [-0.4, -0.2) is 61.8 Å². The molecule has 1 aliphatic rings. The van der Waals surface area contributed by atoms with Crippen LogP contribution >= 0.6 is 0 Å². The zero-order chi connectivity index (χ0) is 18.3. The second kappa shape index (κ2) is 6.53. The maximum absolute atomic E-state index is 12.7. The molecule has 3 aromatic heterocycles. The Morgan fingerprint density at radius 3 is 2.85 bits per heavy atom. The summed E-state index contributed by atoms with van der Waals surface area (Å²) in [6, 6.07) is 2.24. The summed E-state index contributed by atoms with van der Waals surface area (Å²) in [5.74, 6) is -0.0886. The SMILES string of the molecule is Cc1c(-c2cc(C)c3ncnn3c2)n[nH]c1C(=O)NC1CCN(C)CC1. The van der Waals surface area contributed by atoms with Gasteiger partial charge in [0.25, 0.3) is 5.91 Å². The molecule has 4 rings (SSSR count). The van der Waals surface area contributed by atoms with E-state index < -0.39 is 0 Å². The van der Waals surface area contributed by atoms with Crippen LogP contribution in [0.1, 0.15) is 34.5 Å². The number of hydrogen-bond acceptors (Lipinski definition) is 5.